The van der Waals surface area contributed by atoms with Crippen molar-refractivity contribution in [3.05, 3.63) is 157 Å². The number of ether oxygens (including phenoxy) is 1. The molecule has 1 aliphatic heterocycles. The minimum atomic E-state index is -0.402. The van der Waals surface area contributed by atoms with Gasteiger partial charge in [-0.05, 0) is 47.7 Å². The Morgan fingerprint density at radius 2 is 0.804 bits per heavy atom. The van der Waals surface area contributed by atoms with Crippen LogP contribution in [0.1, 0.15) is 19.4 Å². The summed E-state index contributed by atoms with van der Waals surface area (Å²) in [5.41, 5.74) is 10.5. The van der Waals surface area contributed by atoms with Gasteiger partial charge in [0.15, 0.2) is 17.5 Å². The monoisotopic (exact) mass is 593 g/mol. The number of benzene rings is 6. The molecule has 4 nitrogen and oxygen atoms in total. The second-order valence-electron chi connectivity index (χ2n) is 12.1. The summed E-state index contributed by atoms with van der Waals surface area (Å²) in [6, 6.07) is 52.2. The Labute approximate surface area is 269 Å². The zero-order valence-corrected chi connectivity index (χ0v) is 25.7. The van der Waals surface area contributed by atoms with Crippen molar-refractivity contribution in [2.75, 3.05) is 0 Å². The molecule has 0 unspecified atom stereocenters. The fourth-order valence-corrected chi connectivity index (χ4v) is 6.19. The van der Waals surface area contributed by atoms with Crippen molar-refractivity contribution in [1.29, 1.82) is 0 Å². The highest BCUT2D eigenvalue weighted by Gasteiger charge is 2.32. The van der Waals surface area contributed by atoms with Crippen molar-refractivity contribution in [3.63, 3.8) is 0 Å². The Hall–Kier alpha value is -5.87. The van der Waals surface area contributed by atoms with Crippen LogP contribution in [-0.2, 0) is 5.60 Å². The molecule has 0 spiro atoms. The summed E-state index contributed by atoms with van der Waals surface area (Å²) in [4.78, 5) is 14.8. The van der Waals surface area contributed by atoms with Gasteiger partial charge in [-0.2, -0.15) is 0 Å². The minimum absolute atomic E-state index is 0.402. The molecule has 46 heavy (non-hydrogen) atoms. The predicted molar refractivity (Wildman–Crippen MR) is 186 cm³/mol. The van der Waals surface area contributed by atoms with Gasteiger partial charge in [0.25, 0.3) is 0 Å². The van der Waals surface area contributed by atoms with Gasteiger partial charge < -0.3 is 4.74 Å². The maximum absolute atomic E-state index is 6.52. The summed E-state index contributed by atoms with van der Waals surface area (Å²) in [5.74, 6) is 2.82. The van der Waals surface area contributed by atoms with Crippen LogP contribution in [0.2, 0.25) is 0 Å². The first-order valence-electron chi connectivity index (χ1n) is 15.5. The third-order valence-electron chi connectivity index (χ3n) is 8.61. The van der Waals surface area contributed by atoms with E-state index in [2.05, 4.69) is 129 Å². The number of fused-ring (bicyclic) bond motifs is 3. The molecule has 1 aromatic heterocycles. The standard InChI is InChI=1S/C42H31N3O/c1-42(2)37-16-10-9-15-35(37)36-26-25-34(27-38(36)46-42)30-19-23-33(24-20-30)41-44-39(31-13-7-4-8-14-31)43-40(45-41)32-21-17-29(18-22-32)28-11-5-3-6-12-28/h3-27H,1-2H3. The number of aromatic nitrogens is 3. The van der Waals surface area contributed by atoms with Crippen LogP contribution in [0.4, 0.5) is 0 Å². The molecular weight excluding hydrogens is 562 g/mol. The molecule has 0 bridgehead atoms. The Bertz CT molecular complexity index is 2170. The lowest BCUT2D eigenvalue weighted by Gasteiger charge is -2.35. The number of hydrogen-bond donors (Lipinski definition) is 0. The van der Waals surface area contributed by atoms with E-state index >= 15 is 0 Å². The van der Waals surface area contributed by atoms with Crippen LogP contribution in [0.3, 0.4) is 0 Å². The van der Waals surface area contributed by atoms with Crippen LogP contribution in [0, 0.1) is 0 Å². The summed E-state index contributed by atoms with van der Waals surface area (Å²) in [6.45, 7) is 4.25. The zero-order chi connectivity index (χ0) is 31.1. The average molecular weight is 594 g/mol. The number of rotatable bonds is 5. The largest absolute Gasteiger partial charge is 0.482 e. The summed E-state index contributed by atoms with van der Waals surface area (Å²) < 4.78 is 6.52. The van der Waals surface area contributed by atoms with Crippen molar-refractivity contribution in [2.45, 2.75) is 19.4 Å². The number of hydrogen-bond acceptors (Lipinski definition) is 4. The highest BCUT2D eigenvalue weighted by atomic mass is 16.5. The van der Waals surface area contributed by atoms with Gasteiger partial charge in [0.1, 0.15) is 11.4 Å². The average Bonchev–Trinajstić information content (AvgIpc) is 3.12. The molecule has 2 heterocycles. The van der Waals surface area contributed by atoms with E-state index in [1.807, 2.05) is 36.4 Å². The van der Waals surface area contributed by atoms with Crippen LogP contribution in [0.5, 0.6) is 5.75 Å². The smallest absolute Gasteiger partial charge is 0.164 e. The normalized spacial score (nSPS) is 12.9. The molecule has 0 atom stereocenters. The van der Waals surface area contributed by atoms with Gasteiger partial charge in [0.2, 0.25) is 0 Å². The van der Waals surface area contributed by atoms with Gasteiger partial charge in [0, 0.05) is 27.8 Å². The molecule has 8 rings (SSSR count). The maximum Gasteiger partial charge on any atom is 0.164 e. The van der Waals surface area contributed by atoms with Crippen LogP contribution in [-0.4, -0.2) is 15.0 Å². The molecule has 6 aromatic carbocycles. The van der Waals surface area contributed by atoms with E-state index in [4.69, 9.17) is 19.7 Å². The van der Waals surface area contributed by atoms with E-state index in [9.17, 15) is 0 Å². The summed E-state index contributed by atoms with van der Waals surface area (Å²) in [5, 5.41) is 0. The Kier molecular flexibility index (Phi) is 6.76. The Morgan fingerprint density at radius 3 is 1.39 bits per heavy atom. The third kappa shape index (κ3) is 5.14. The van der Waals surface area contributed by atoms with Crippen molar-refractivity contribution >= 4 is 0 Å². The van der Waals surface area contributed by atoms with Crippen LogP contribution in [0.25, 0.3) is 67.5 Å². The van der Waals surface area contributed by atoms with E-state index in [0.717, 1.165) is 44.7 Å². The Balaban J connectivity index is 1.15. The van der Waals surface area contributed by atoms with Crippen molar-refractivity contribution in [2.24, 2.45) is 0 Å². The van der Waals surface area contributed by atoms with E-state index in [0.29, 0.717) is 17.5 Å². The second kappa shape index (κ2) is 11.2. The molecule has 0 N–H and O–H groups in total. The quantitative estimate of drug-likeness (QED) is 0.199. The van der Waals surface area contributed by atoms with E-state index < -0.39 is 5.60 Å². The number of nitrogens with zero attached hydrogens (tertiary/aromatic N) is 3. The van der Waals surface area contributed by atoms with Crippen molar-refractivity contribution < 1.29 is 4.74 Å². The summed E-state index contributed by atoms with van der Waals surface area (Å²) in [6.07, 6.45) is 0. The topological polar surface area (TPSA) is 47.9 Å². The van der Waals surface area contributed by atoms with Gasteiger partial charge in [-0.3, -0.25) is 0 Å². The first-order chi connectivity index (χ1) is 22.5. The first kappa shape index (κ1) is 27.7. The molecule has 220 valence electrons. The molecule has 0 saturated heterocycles. The summed E-state index contributed by atoms with van der Waals surface area (Å²) in [7, 11) is 0. The van der Waals surface area contributed by atoms with E-state index in [-0.39, 0.29) is 0 Å². The molecule has 0 amide bonds. The Morgan fingerprint density at radius 1 is 0.391 bits per heavy atom. The van der Waals surface area contributed by atoms with E-state index in [1.54, 1.807) is 0 Å². The second-order valence-corrected chi connectivity index (χ2v) is 12.1. The third-order valence-corrected chi connectivity index (χ3v) is 8.61. The fraction of sp³-hybridized carbons (Fsp3) is 0.0714. The molecule has 0 saturated carbocycles. The molecule has 4 heteroatoms. The highest BCUT2D eigenvalue weighted by Crippen LogP contribution is 2.46. The lowest BCUT2D eigenvalue weighted by molar-refractivity contribution is 0.106. The van der Waals surface area contributed by atoms with Gasteiger partial charge in [-0.15, -0.1) is 0 Å². The fourth-order valence-electron chi connectivity index (χ4n) is 6.19. The van der Waals surface area contributed by atoms with Gasteiger partial charge in [-0.25, -0.2) is 15.0 Å². The van der Waals surface area contributed by atoms with Crippen LogP contribution in [0.15, 0.2) is 152 Å². The molecule has 0 aliphatic carbocycles. The zero-order valence-electron chi connectivity index (χ0n) is 25.7. The summed E-state index contributed by atoms with van der Waals surface area (Å²) >= 11 is 0. The first-order valence-corrected chi connectivity index (χ1v) is 15.5. The van der Waals surface area contributed by atoms with E-state index in [1.165, 1.54) is 16.7 Å². The van der Waals surface area contributed by atoms with Crippen LogP contribution >= 0.6 is 0 Å². The lowest BCUT2D eigenvalue weighted by Crippen LogP contribution is -2.29. The van der Waals surface area contributed by atoms with Crippen molar-refractivity contribution in [1.82, 2.24) is 15.0 Å². The van der Waals surface area contributed by atoms with Gasteiger partial charge >= 0.3 is 0 Å². The molecule has 0 radical (unpaired) electrons. The molecule has 1 aliphatic rings. The molecule has 0 fully saturated rings. The van der Waals surface area contributed by atoms with Gasteiger partial charge in [-0.1, -0.05) is 146 Å². The molecular formula is C42H31N3O. The van der Waals surface area contributed by atoms with Crippen molar-refractivity contribution in [3.8, 4) is 73.3 Å². The SMILES string of the molecule is CC1(C)Oc2cc(-c3ccc(-c4nc(-c5ccccc5)nc(-c5ccc(-c6ccccc6)cc5)n4)cc3)ccc2-c2ccccc21. The highest BCUT2D eigenvalue weighted by molar-refractivity contribution is 5.81. The van der Waals surface area contributed by atoms with Crippen LogP contribution < -0.4 is 4.74 Å². The predicted octanol–water partition coefficient (Wildman–Crippen LogP) is 10.5. The van der Waals surface area contributed by atoms with Gasteiger partial charge in [0.05, 0.1) is 0 Å². The molecule has 7 aromatic rings. The minimum Gasteiger partial charge on any atom is -0.482 e. The maximum atomic E-state index is 6.52. The lowest BCUT2D eigenvalue weighted by atomic mass is 9.85.